The molecule has 138 valence electrons. The quantitative estimate of drug-likeness (QED) is 0.820. The van der Waals surface area contributed by atoms with E-state index in [1.54, 1.807) is 26.8 Å². The first-order valence-electron chi connectivity index (χ1n) is 8.01. The Morgan fingerprint density at radius 3 is 2.58 bits per heavy atom. The molecule has 0 bridgehead atoms. The number of hydrogen-bond acceptors (Lipinski definition) is 4. The first kappa shape index (κ1) is 19.3. The molecule has 0 saturated heterocycles. The van der Waals surface area contributed by atoms with E-state index in [9.17, 15) is 18.8 Å². The van der Waals surface area contributed by atoms with Crippen LogP contribution in [0.25, 0.3) is 5.69 Å². The summed E-state index contributed by atoms with van der Waals surface area (Å²) >= 11 is 0. The number of nitrogens with zero attached hydrogens (tertiary/aromatic N) is 2. The number of carboxylic acids is 1. The Morgan fingerprint density at radius 1 is 1.31 bits per heavy atom. The molecule has 0 radical (unpaired) electrons. The zero-order valence-electron chi connectivity index (χ0n) is 14.7. The maximum Gasteiger partial charge on any atom is 0.303 e. The molecule has 26 heavy (non-hydrogen) atoms. The Morgan fingerprint density at radius 2 is 1.96 bits per heavy atom. The first-order valence-corrected chi connectivity index (χ1v) is 8.01. The topological polar surface area (TPSA) is 101 Å². The zero-order valence-corrected chi connectivity index (χ0v) is 14.7. The van der Waals surface area contributed by atoms with E-state index in [-0.39, 0.29) is 24.2 Å². The second kappa shape index (κ2) is 7.47. The minimum Gasteiger partial charge on any atom is -0.481 e. The summed E-state index contributed by atoms with van der Waals surface area (Å²) in [7, 11) is 0. The Balaban J connectivity index is 2.36. The number of carbonyl (C=O) groups excluding carboxylic acids is 1. The van der Waals surface area contributed by atoms with Gasteiger partial charge in [-0.3, -0.25) is 14.4 Å². The lowest BCUT2D eigenvalue weighted by atomic mass is 9.98. The lowest BCUT2D eigenvalue weighted by Gasteiger charge is -2.25. The van der Waals surface area contributed by atoms with Gasteiger partial charge in [-0.05, 0) is 39.3 Å². The predicted molar refractivity (Wildman–Crippen MR) is 92.9 cm³/mol. The first-order chi connectivity index (χ1) is 12.1. The highest BCUT2D eigenvalue weighted by atomic mass is 19.1. The highest BCUT2D eigenvalue weighted by molar-refractivity contribution is 5.92. The van der Waals surface area contributed by atoms with Gasteiger partial charge in [0, 0.05) is 23.7 Å². The normalized spacial score (nSPS) is 11.2. The molecule has 2 aromatic rings. The number of rotatable bonds is 6. The van der Waals surface area contributed by atoms with Crippen LogP contribution in [0.5, 0.6) is 0 Å². The van der Waals surface area contributed by atoms with Gasteiger partial charge < -0.3 is 10.4 Å². The molecule has 2 N–H and O–H groups in total. The number of para-hydroxylation sites is 1. The van der Waals surface area contributed by atoms with Crippen molar-refractivity contribution in [3.05, 3.63) is 57.8 Å². The Kier molecular flexibility index (Phi) is 5.54. The van der Waals surface area contributed by atoms with E-state index < -0.39 is 28.7 Å². The van der Waals surface area contributed by atoms with Crippen LogP contribution in [0.15, 0.2) is 35.1 Å². The van der Waals surface area contributed by atoms with Crippen molar-refractivity contribution in [2.24, 2.45) is 0 Å². The van der Waals surface area contributed by atoms with Crippen LogP contribution in [0.3, 0.4) is 0 Å². The molecule has 0 aliphatic heterocycles. The van der Waals surface area contributed by atoms with Crippen molar-refractivity contribution in [2.45, 2.75) is 39.2 Å². The number of aliphatic carboxylic acids is 1. The number of carboxylic acid groups (broad SMARTS) is 1. The number of benzene rings is 1. The van der Waals surface area contributed by atoms with E-state index in [1.165, 1.54) is 28.9 Å². The highest BCUT2D eigenvalue weighted by Crippen LogP contribution is 2.14. The molecule has 1 heterocycles. The van der Waals surface area contributed by atoms with E-state index in [0.717, 1.165) is 0 Å². The van der Waals surface area contributed by atoms with Crippen molar-refractivity contribution in [3.63, 3.8) is 0 Å². The molecule has 0 unspecified atom stereocenters. The summed E-state index contributed by atoms with van der Waals surface area (Å²) in [5.41, 5.74) is -1.34. The van der Waals surface area contributed by atoms with Gasteiger partial charge in [-0.15, -0.1) is 0 Å². The van der Waals surface area contributed by atoms with Gasteiger partial charge in [-0.1, -0.05) is 12.1 Å². The fourth-order valence-corrected chi connectivity index (χ4v) is 2.42. The molecule has 0 aliphatic carbocycles. The van der Waals surface area contributed by atoms with E-state index in [1.807, 2.05) is 0 Å². The summed E-state index contributed by atoms with van der Waals surface area (Å²) < 4.78 is 15.2. The summed E-state index contributed by atoms with van der Waals surface area (Å²) in [5, 5.41) is 15.4. The van der Waals surface area contributed by atoms with Gasteiger partial charge >= 0.3 is 5.97 Å². The highest BCUT2D eigenvalue weighted by Gasteiger charge is 2.25. The van der Waals surface area contributed by atoms with Crippen LogP contribution in [0, 0.1) is 12.7 Å². The standard InChI is InChI=1S/C18H20FN3O4/c1-11-10-14(23)16(17(26)20-18(2,3)9-8-15(24)25)21-22(11)13-7-5-4-6-12(13)19/h4-7,10H,8-9H2,1-3H3,(H,20,26)(H,24,25). The van der Waals surface area contributed by atoms with Crippen LogP contribution in [-0.4, -0.2) is 32.3 Å². The Hall–Kier alpha value is -3.03. The zero-order chi connectivity index (χ0) is 19.5. The number of nitrogens with one attached hydrogen (secondary N) is 1. The third-order valence-electron chi connectivity index (χ3n) is 3.82. The summed E-state index contributed by atoms with van der Waals surface area (Å²) in [4.78, 5) is 35.4. The van der Waals surface area contributed by atoms with Gasteiger partial charge in [0.15, 0.2) is 5.69 Å². The molecule has 0 saturated carbocycles. The van der Waals surface area contributed by atoms with Gasteiger partial charge in [0.2, 0.25) is 5.43 Å². The van der Waals surface area contributed by atoms with Crippen LogP contribution in [-0.2, 0) is 4.79 Å². The minimum atomic E-state index is -0.984. The molecule has 0 fully saturated rings. The second-order valence-corrected chi connectivity index (χ2v) is 6.59. The smallest absolute Gasteiger partial charge is 0.303 e. The van der Waals surface area contributed by atoms with E-state index in [2.05, 4.69) is 10.4 Å². The number of hydrogen-bond donors (Lipinski definition) is 2. The molecule has 7 nitrogen and oxygen atoms in total. The number of aryl methyl sites for hydroxylation is 1. The minimum absolute atomic E-state index is 0.115. The number of amides is 1. The van der Waals surface area contributed by atoms with Crippen molar-refractivity contribution in [3.8, 4) is 5.69 Å². The van der Waals surface area contributed by atoms with Crippen LogP contribution in [0.4, 0.5) is 4.39 Å². The fourth-order valence-electron chi connectivity index (χ4n) is 2.42. The van der Waals surface area contributed by atoms with Crippen LogP contribution in [0.2, 0.25) is 0 Å². The number of halogens is 1. The molecule has 1 amide bonds. The Bertz CT molecular complexity index is 906. The van der Waals surface area contributed by atoms with Crippen molar-refractivity contribution in [2.75, 3.05) is 0 Å². The third-order valence-corrected chi connectivity index (χ3v) is 3.82. The van der Waals surface area contributed by atoms with Gasteiger partial charge in [0.25, 0.3) is 5.91 Å². The average molecular weight is 361 g/mol. The lowest BCUT2D eigenvalue weighted by molar-refractivity contribution is -0.137. The third kappa shape index (κ3) is 4.53. The largest absolute Gasteiger partial charge is 0.481 e. The summed E-state index contributed by atoms with van der Waals surface area (Å²) in [5.74, 6) is -2.27. The fraction of sp³-hybridized carbons (Fsp3) is 0.333. The average Bonchev–Trinajstić information content (AvgIpc) is 2.53. The molecular formula is C18H20FN3O4. The van der Waals surface area contributed by atoms with Gasteiger partial charge in [0.1, 0.15) is 11.5 Å². The maximum atomic E-state index is 14.0. The van der Waals surface area contributed by atoms with E-state index >= 15 is 0 Å². The van der Waals surface area contributed by atoms with Crippen molar-refractivity contribution in [1.29, 1.82) is 0 Å². The maximum absolute atomic E-state index is 14.0. The molecule has 2 rings (SSSR count). The number of aromatic nitrogens is 2. The van der Waals surface area contributed by atoms with Crippen molar-refractivity contribution >= 4 is 11.9 Å². The predicted octanol–water partition coefficient (Wildman–Crippen LogP) is 2.05. The number of carbonyl (C=O) groups is 2. The van der Waals surface area contributed by atoms with Gasteiger partial charge in [-0.25, -0.2) is 9.07 Å². The molecule has 0 aliphatic rings. The SMILES string of the molecule is Cc1cc(=O)c(C(=O)NC(C)(C)CCC(=O)O)nn1-c1ccccc1F. The monoisotopic (exact) mass is 361 g/mol. The molecule has 8 heteroatoms. The Labute approximate surface area is 149 Å². The van der Waals surface area contributed by atoms with Gasteiger partial charge in [0.05, 0.1) is 0 Å². The molecule has 1 aromatic carbocycles. The van der Waals surface area contributed by atoms with Crippen molar-refractivity contribution in [1.82, 2.24) is 15.1 Å². The molecular weight excluding hydrogens is 341 g/mol. The van der Waals surface area contributed by atoms with Crippen LogP contribution >= 0.6 is 0 Å². The van der Waals surface area contributed by atoms with Gasteiger partial charge in [-0.2, -0.15) is 5.10 Å². The van der Waals surface area contributed by atoms with Crippen LogP contribution < -0.4 is 10.7 Å². The lowest BCUT2D eigenvalue weighted by Crippen LogP contribution is -2.45. The molecule has 1 aromatic heterocycles. The van der Waals surface area contributed by atoms with Crippen molar-refractivity contribution < 1.29 is 19.1 Å². The summed E-state index contributed by atoms with van der Waals surface area (Å²) in [6.45, 7) is 4.88. The second-order valence-electron chi connectivity index (χ2n) is 6.59. The molecule has 0 spiro atoms. The summed E-state index contributed by atoms with van der Waals surface area (Å²) in [6, 6.07) is 7.09. The summed E-state index contributed by atoms with van der Waals surface area (Å²) in [6.07, 6.45) is 0.0511. The van der Waals surface area contributed by atoms with E-state index in [0.29, 0.717) is 5.69 Å². The van der Waals surface area contributed by atoms with Crippen LogP contribution in [0.1, 0.15) is 42.9 Å². The molecule has 0 atom stereocenters. The van der Waals surface area contributed by atoms with E-state index in [4.69, 9.17) is 5.11 Å².